The van der Waals surface area contributed by atoms with Gasteiger partial charge in [-0.3, -0.25) is 0 Å². The van der Waals surface area contributed by atoms with Crippen molar-refractivity contribution in [1.82, 2.24) is 0 Å². The van der Waals surface area contributed by atoms with E-state index in [1.54, 1.807) is 11.3 Å². The fraction of sp³-hybridized carbons (Fsp3) is 0.0909. The van der Waals surface area contributed by atoms with Crippen LogP contribution in [0.5, 0.6) is 5.75 Å². The fourth-order valence-corrected chi connectivity index (χ4v) is 2.66. The zero-order valence-corrected chi connectivity index (χ0v) is 11.5. The number of benzene rings is 1. The van der Waals surface area contributed by atoms with Crippen LogP contribution in [0.3, 0.4) is 0 Å². The van der Waals surface area contributed by atoms with E-state index in [2.05, 4.69) is 22.6 Å². The lowest BCUT2D eigenvalue weighted by Crippen LogP contribution is -1.92. The van der Waals surface area contributed by atoms with Gasteiger partial charge in [0.25, 0.3) is 0 Å². The average molecular weight is 351 g/mol. The predicted molar refractivity (Wildman–Crippen MR) is 72.8 cm³/mol. The van der Waals surface area contributed by atoms with Crippen molar-refractivity contribution >= 4 is 45.5 Å². The summed E-state index contributed by atoms with van der Waals surface area (Å²) in [5.74, 6) is 0.895. The fourth-order valence-electron chi connectivity index (χ4n) is 1.14. The number of thiophene rings is 1. The zero-order valence-electron chi connectivity index (χ0n) is 7.74. The normalized spacial score (nSPS) is 10.3. The highest BCUT2D eigenvalue weighted by atomic mass is 127. The highest BCUT2D eigenvalue weighted by Crippen LogP contribution is 2.23. The Kier molecular flexibility index (Phi) is 3.88. The molecule has 0 aliphatic carbocycles. The lowest BCUT2D eigenvalue weighted by molar-refractivity contribution is 0.309. The van der Waals surface area contributed by atoms with Crippen molar-refractivity contribution in [3.05, 3.63) is 49.2 Å². The summed E-state index contributed by atoms with van der Waals surface area (Å²) in [5.41, 5.74) is 0. The van der Waals surface area contributed by atoms with Crippen LogP contribution in [0.15, 0.2) is 36.4 Å². The standard InChI is InChI=1S/C11H8ClIOS/c12-11-5-4-10(15-11)7-14-9-3-1-2-8(13)6-9/h1-6H,7H2. The van der Waals surface area contributed by atoms with Gasteiger partial charge in [-0.15, -0.1) is 11.3 Å². The Balaban J connectivity index is 1.99. The number of rotatable bonds is 3. The molecule has 1 nitrogen and oxygen atoms in total. The largest absolute Gasteiger partial charge is 0.488 e. The molecule has 1 heterocycles. The third-order valence-electron chi connectivity index (χ3n) is 1.81. The van der Waals surface area contributed by atoms with Crippen molar-refractivity contribution in [1.29, 1.82) is 0 Å². The highest BCUT2D eigenvalue weighted by Gasteiger charge is 1.99. The van der Waals surface area contributed by atoms with E-state index in [1.807, 2.05) is 36.4 Å². The summed E-state index contributed by atoms with van der Waals surface area (Å²) in [4.78, 5) is 1.14. The van der Waals surface area contributed by atoms with Crippen molar-refractivity contribution in [3.63, 3.8) is 0 Å². The van der Waals surface area contributed by atoms with E-state index in [1.165, 1.54) is 3.57 Å². The number of hydrogen-bond acceptors (Lipinski definition) is 2. The Labute approximate surface area is 111 Å². The maximum Gasteiger partial charge on any atom is 0.122 e. The van der Waals surface area contributed by atoms with Crippen LogP contribution in [0.2, 0.25) is 4.34 Å². The van der Waals surface area contributed by atoms with Gasteiger partial charge in [-0.25, -0.2) is 0 Å². The molecule has 78 valence electrons. The van der Waals surface area contributed by atoms with E-state index in [0.29, 0.717) is 6.61 Å². The quantitative estimate of drug-likeness (QED) is 0.736. The van der Waals surface area contributed by atoms with Gasteiger partial charge in [-0.05, 0) is 52.9 Å². The maximum absolute atomic E-state index is 5.83. The minimum atomic E-state index is 0.581. The molecule has 2 aromatic rings. The van der Waals surface area contributed by atoms with Crippen LogP contribution in [-0.2, 0) is 6.61 Å². The second-order valence-corrected chi connectivity index (χ2v) is 6.00. The number of ether oxygens (including phenoxy) is 1. The van der Waals surface area contributed by atoms with Gasteiger partial charge in [0.05, 0.1) is 4.34 Å². The number of halogens is 2. The molecule has 0 N–H and O–H groups in total. The monoisotopic (exact) mass is 350 g/mol. The molecular weight excluding hydrogens is 343 g/mol. The van der Waals surface area contributed by atoms with Crippen LogP contribution in [0.25, 0.3) is 0 Å². The SMILES string of the molecule is Clc1ccc(COc2cccc(I)c2)s1. The van der Waals surface area contributed by atoms with E-state index in [4.69, 9.17) is 16.3 Å². The first-order valence-corrected chi connectivity index (χ1v) is 6.64. The smallest absolute Gasteiger partial charge is 0.122 e. The summed E-state index contributed by atoms with van der Waals surface area (Å²) in [5, 5.41) is 0. The summed E-state index contributed by atoms with van der Waals surface area (Å²) in [6.07, 6.45) is 0. The number of hydrogen-bond donors (Lipinski definition) is 0. The molecule has 0 atom stereocenters. The Morgan fingerprint density at radius 3 is 2.80 bits per heavy atom. The molecule has 4 heteroatoms. The summed E-state index contributed by atoms with van der Waals surface area (Å²) in [7, 11) is 0. The Morgan fingerprint density at radius 1 is 1.27 bits per heavy atom. The molecule has 0 fully saturated rings. The Morgan fingerprint density at radius 2 is 2.13 bits per heavy atom. The molecule has 0 unspecified atom stereocenters. The van der Waals surface area contributed by atoms with Crippen molar-refractivity contribution in [2.24, 2.45) is 0 Å². The first-order valence-electron chi connectivity index (χ1n) is 4.36. The molecule has 2 rings (SSSR count). The van der Waals surface area contributed by atoms with E-state index in [-0.39, 0.29) is 0 Å². The van der Waals surface area contributed by atoms with E-state index in [9.17, 15) is 0 Å². The molecule has 1 aromatic heterocycles. The van der Waals surface area contributed by atoms with E-state index >= 15 is 0 Å². The molecule has 0 radical (unpaired) electrons. The zero-order chi connectivity index (χ0) is 10.7. The van der Waals surface area contributed by atoms with E-state index in [0.717, 1.165) is 15.0 Å². The minimum Gasteiger partial charge on any atom is -0.488 e. The van der Waals surface area contributed by atoms with Crippen LogP contribution in [0.1, 0.15) is 4.88 Å². The Bertz CT molecular complexity index is 455. The first-order chi connectivity index (χ1) is 7.24. The average Bonchev–Trinajstić information content (AvgIpc) is 2.62. The second kappa shape index (κ2) is 5.18. The lowest BCUT2D eigenvalue weighted by atomic mass is 10.3. The molecular formula is C11H8ClIOS. The van der Waals surface area contributed by atoms with Gasteiger partial charge in [0.2, 0.25) is 0 Å². The summed E-state index contributed by atoms with van der Waals surface area (Å²) >= 11 is 9.64. The van der Waals surface area contributed by atoms with Gasteiger partial charge in [-0.1, -0.05) is 17.7 Å². The maximum atomic E-state index is 5.83. The van der Waals surface area contributed by atoms with Crippen molar-refractivity contribution in [2.75, 3.05) is 0 Å². The van der Waals surface area contributed by atoms with Gasteiger partial charge in [0.1, 0.15) is 12.4 Å². The molecule has 0 bridgehead atoms. The molecule has 0 spiro atoms. The van der Waals surface area contributed by atoms with Crippen LogP contribution in [0, 0.1) is 3.57 Å². The van der Waals surface area contributed by atoms with Crippen LogP contribution in [0.4, 0.5) is 0 Å². The van der Waals surface area contributed by atoms with Crippen LogP contribution < -0.4 is 4.74 Å². The predicted octanol–water partition coefficient (Wildman–Crippen LogP) is 4.59. The van der Waals surface area contributed by atoms with Gasteiger partial charge in [-0.2, -0.15) is 0 Å². The lowest BCUT2D eigenvalue weighted by Gasteiger charge is -2.04. The molecule has 0 amide bonds. The minimum absolute atomic E-state index is 0.581. The van der Waals surface area contributed by atoms with Gasteiger partial charge in [0, 0.05) is 8.45 Å². The third-order valence-corrected chi connectivity index (χ3v) is 3.68. The molecule has 1 aromatic carbocycles. The molecule has 0 aliphatic rings. The molecule has 15 heavy (non-hydrogen) atoms. The molecule has 0 saturated heterocycles. The van der Waals surface area contributed by atoms with Gasteiger partial charge >= 0.3 is 0 Å². The summed E-state index contributed by atoms with van der Waals surface area (Å²) in [6, 6.07) is 11.9. The van der Waals surface area contributed by atoms with E-state index < -0.39 is 0 Å². The highest BCUT2D eigenvalue weighted by molar-refractivity contribution is 14.1. The first kappa shape index (κ1) is 11.2. The van der Waals surface area contributed by atoms with Crippen LogP contribution in [-0.4, -0.2) is 0 Å². The topological polar surface area (TPSA) is 9.23 Å². The van der Waals surface area contributed by atoms with Gasteiger partial charge < -0.3 is 4.74 Å². The van der Waals surface area contributed by atoms with Crippen LogP contribution >= 0.6 is 45.5 Å². The third kappa shape index (κ3) is 3.36. The summed E-state index contributed by atoms with van der Waals surface area (Å²) in [6.45, 7) is 0.581. The van der Waals surface area contributed by atoms with Gasteiger partial charge in [0.15, 0.2) is 0 Å². The second-order valence-electron chi connectivity index (χ2n) is 2.95. The van der Waals surface area contributed by atoms with Crippen molar-refractivity contribution < 1.29 is 4.74 Å². The molecule has 0 aliphatic heterocycles. The summed E-state index contributed by atoms with van der Waals surface area (Å²) < 4.78 is 7.61. The van der Waals surface area contributed by atoms with Crippen molar-refractivity contribution in [2.45, 2.75) is 6.61 Å². The van der Waals surface area contributed by atoms with Crippen molar-refractivity contribution in [3.8, 4) is 5.75 Å². The Hall–Kier alpha value is -0.260. The molecule has 0 saturated carbocycles.